The van der Waals surface area contributed by atoms with Crippen molar-refractivity contribution in [2.24, 2.45) is 11.7 Å². The van der Waals surface area contributed by atoms with Crippen LogP contribution in [0.5, 0.6) is 0 Å². The lowest BCUT2D eigenvalue weighted by molar-refractivity contribution is -0.123. The molecule has 7 heteroatoms. The summed E-state index contributed by atoms with van der Waals surface area (Å²) < 4.78 is 1.19. The zero-order chi connectivity index (χ0) is 21.6. The Hall–Kier alpha value is -2.77. The van der Waals surface area contributed by atoms with Gasteiger partial charge in [-0.3, -0.25) is 14.5 Å². The van der Waals surface area contributed by atoms with Crippen LogP contribution >= 0.6 is 11.3 Å². The number of nitrogens with two attached hydrogens (primary N) is 1. The number of rotatable bonds is 8. The third kappa shape index (κ3) is 5.89. The number of piperidine rings is 1. The van der Waals surface area contributed by atoms with E-state index in [2.05, 4.69) is 27.3 Å². The first-order chi connectivity index (χ1) is 15.1. The SMILES string of the molecule is NC(=O)C1CCN(Cc2cccc(NC(=O)CCCc3nc4ccccc4s3)c2)CC1. The summed E-state index contributed by atoms with van der Waals surface area (Å²) in [5.74, 6) is -0.155. The van der Waals surface area contributed by atoms with E-state index < -0.39 is 0 Å². The number of hydrogen-bond donors (Lipinski definition) is 2. The minimum atomic E-state index is -0.188. The van der Waals surface area contributed by atoms with Gasteiger partial charge in [-0.05, 0) is 68.6 Å². The predicted molar refractivity (Wildman–Crippen MR) is 125 cm³/mol. The molecule has 162 valence electrons. The highest BCUT2D eigenvalue weighted by Crippen LogP contribution is 2.23. The van der Waals surface area contributed by atoms with Crippen molar-refractivity contribution < 1.29 is 9.59 Å². The van der Waals surface area contributed by atoms with Gasteiger partial charge in [-0.1, -0.05) is 24.3 Å². The van der Waals surface area contributed by atoms with E-state index in [4.69, 9.17) is 5.73 Å². The number of hydrogen-bond acceptors (Lipinski definition) is 5. The van der Waals surface area contributed by atoms with E-state index in [9.17, 15) is 9.59 Å². The molecule has 0 saturated carbocycles. The Balaban J connectivity index is 1.23. The van der Waals surface area contributed by atoms with Crippen molar-refractivity contribution in [2.45, 2.75) is 38.6 Å². The molecule has 2 heterocycles. The van der Waals surface area contributed by atoms with Crippen molar-refractivity contribution in [1.82, 2.24) is 9.88 Å². The number of amides is 2. The van der Waals surface area contributed by atoms with Crippen LogP contribution in [-0.2, 0) is 22.6 Å². The number of para-hydroxylation sites is 1. The van der Waals surface area contributed by atoms with Gasteiger partial charge in [0, 0.05) is 24.6 Å². The van der Waals surface area contributed by atoms with Crippen LogP contribution in [0.25, 0.3) is 10.2 Å². The normalized spacial score (nSPS) is 15.2. The molecule has 0 radical (unpaired) electrons. The number of aromatic nitrogens is 1. The highest BCUT2D eigenvalue weighted by molar-refractivity contribution is 7.18. The van der Waals surface area contributed by atoms with Crippen molar-refractivity contribution in [3.8, 4) is 0 Å². The van der Waals surface area contributed by atoms with Gasteiger partial charge in [0.2, 0.25) is 11.8 Å². The molecule has 0 unspecified atom stereocenters. The third-order valence-electron chi connectivity index (χ3n) is 5.74. The smallest absolute Gasteiger partial charge is 0.224 e. The molecule has 0 atom stereocenters. The van der Waals surface area contributed by atoms with E-state index in [-0.39, 0.29) is 17.7 Å². The maximum absolute atomic E-state index is 12.4. The molecular weight excluding hydrogens is 408 g/mol. The number of thiazole rings is 1. The van der Waals surface area contributed by atoms with Gasteiger partial charge in [-0.15, -0.1) is 11.3 Å². The summed E-state index contributed by atoms with van der Waals surface area (Å²) in [5.41, 5.74) is 8.43. The second kappa shape index (κ2) is 10.0. The summed E-state index contributed by atoms with van der Waals surface area (Å²) in [7, 11) is 0. The van der Waals surface area contributed by atoms with Gasteiger partial charge in [-0.25, -0.2) is 4.98 Å². The molecule has 1 aromatic heterocycles. The summed E-state index contributed by atoms with van der Waals surface area (Å²) in [5, 5.41) is 4.10. The molecule has 4 rings (SSSR count). The molecule has 1 aliphatic rings. The van der Waals surface area contributed by atoms with E-state index in [1.165, 1.54) is 4.70 Å². The minimum Gasteiger partial charge on any atom is -0.369 e. The number of nitrogens with one attached hydrogen (secondary N) is 1. The Morgan fingerprint density at radius 2 is 1.94 bits per heavy atom. The van der Waals surface area contributed by atoms with Gasteiger partial charge in [-0.2, -0.15) is 0 Å². The van der Waals surface area contributed by atoms with Gasteiger partial charge in [0.25, 0.3) is 0 Å². The van der Waals surface area contributed by atoms with Crippen LogP contribution in [0.1, 0.15) is 36.3 Å². The van der Waals surface area contributed by atoms with Crippen molar-refractivity contribution in [2.75, 3.05) is 18.4 Å². The fourth-order valence-corrected chi connectivity index (χ4v) is 5.04. The topological polar surface area (TPSA) is 88.3 Å². The zero-order valence-corrected chi connectivity index (χ0v) is 18.4. The number of nitrogens with zero attached hydrogens (tertiary/aromatic N) is 2. The number of fused-ring (bicyclic) bond motifs is 1. The fourth-order valence-electron chi connectivity index (χ4n) is 4.03. The highest BCUT2D eigenvalue weighted by atomic mass is 32.1. The fraction of sp³-hybridized carbons (Fsp3) is 0.375. The first-order valence-corrected chi connectivity index (χ1v) is 11.6. The van der Waals surface area contributed by atoms with E-state index in [0.29, 0.717) is 6.42 Å². The Kier molecular flexibility index (Phi) is 6.94. The van der Waals surface area contributed by atoms with Gasteiger partial charge >= 0.3 is 0 Å². The molecule has 0 aliphatic carbocycles. The first-order valence-electron chi connectivity index (χ1n) is 10.8. The molecule has 6 nitrogen and oxygen atoms in total. The molecule has 3 aromatic rings. The Morgan fingerprint density at radius 1 is 1.13 bits per heavy atom. The van der Waals surface area contributed by atoms with Crippen LogP contribution in [-0.4, -0.2) is 34.8 Å². The molecule has 1 fully saturated rings. The lowest BCUT2D eigenvalue weighted by atomic mass is 9.96. The van der Waals surface area contributed by atoms with Crippen LogP contribution < -0.4 is 11.1 Å². The van der Waals surface area contributed by atoms with Gasteiger partial charge in [0.05, 0.1) is 15.2 Å². The van der Waals surface area contributed by atoms with Crippen molar-refractivity contribution in [1.29, 1.82) is 0 Å². The van der Waals surface area contributed by atoms with Crippen LogP contribution in [0.4, 0.5) is 5.69 Å². The van der Waals surface area contributed by atoms with Crippen LogP contribution in [0.3, 0.4) is 0 Å². The molecule has 3 N–H and O–H groups in total. The number of primary amides is 1. The summed E-state index contributed by atoms with van der Waals surface area (Å²) in [6.07, 6.45) is 3.70. The van der Waals surface area contributed by atoms with E-state index in [1.807, 2.05) is 36.4 Å². The second-order valence-electron chi connectivity index (χ2n) is 8.13. The van der Waals surface area contributed by atoms with Crippen molar-refractivity contribution in [3.05, 3.63) is 59.1 Å². The molecule has 2 aromatic carbocycles. The summed E-state index contributed by atoms with van der Waals surface area (Å²) >= 11 is 1.70. The molecule has 1 aliphatic heterocycles. The van der Waals surface area contributed by atoms with Crippen molar-refractivity contribution >= 4 is 39.1 Å². The monoisotopic (exact) mass is 436 g/mol. The van der Waals surface area contributed by atoms with Crippen LogP contribution in [0.15, 0.2) is 48.5 Å². The third-order valence-corrected chi connectivity index (χ3v) is 6.84. The number of aryl methyl sites for hydroxylation is 1. The Bertz CT molecular complexity index is 1020. The average molecular weight is 437 g/mol. The number of carbonyl (C=O) groups excluding carboxylic acids is 2. The maximum Gasteiger partial charge on any atom is 0.224 e. The van der Waals surface area contributed by atoms with E-state index in [1.54, 1.807) is 11.3 Å². The number of benzene rings is 2. The van der Waals surface area contributed by atoms with Crippen LogP contribution in [0, 0.1) is 5.92 Å². The van der Waals surface area contributed by atoms with Gasteiger partial charge in [0.15, 0.2) is 0 Å². The number of likely N-dealkylation sites (tertiary alicyclic amines) is 1. The minimum absolute atomic E-state index is 0.00429. The number of carbonyl (C=O) groups is 2. The van der Waals surface area contributed by atoms with Gasteiger partial charge < -0.3 is 11.1 Å². The largest absolute Gasteiger partial charge is 0.369 e. The molecule has 1 saturated heterocycles. The molecule has 0 spiro atoms. The molecule has 0 bridgehead atoms. The Morgan fingerprint density at radius 3 is 2.71 bits per heavy atom. The molecule has 31 heavy (non-hydrogen) atoms. The molecule has 2 amide bonds. The van der Waals surface area contributed by atoms with Crippen LogP contribution in [0.2, 0.25) is 0 Å². The molecular formula is C24H28N4O2S. The number of anilines is 1. The quantitative estimate of drug-likeness (QED) is 0.560. The lowest BCUT2D eigenvalue weighted by Crippen LogP contribution is -2.38. The van der Waals surface area contributed by atoms with E-state index in [0.717, 1.165) is 67.1 Å². The average Bonchev–Trinajstić information content (AvgIpc) is 3.17. The summed E-state index contributed by atoms with van der Waals surface area (Å²) in [6.45, 7) is 2.55. The Labute approximate surface area is 186 Å². The summed E-state index contributed by atoms with van der Waals surface area (Å²) in [4.78, 5) is 30.7. The standard InChI is InChI=1S/C24H28N4O2S/c25-24(30)18-11-13-28(14-12-18)16-17-5-3-6-19(15-17)26-22(29)9-4-10-23-27-20-7-1-2-8-21(20)31-23/h1-3,5-8,15,18H,4,9-14,16H2,(H2,25,30)(H,26,29). The zero-order valence-electron chi connectivity index (χ0n) is 17.5. The van der Waals surface area contributed by atoms with Crippen molar-refractivity contribution in [3.63, 3.8) is 0 Å². The van der Waals surface area contributed by atoms with E-state index >= 15 is 0 Å². The maximum atomic E-state index is 12.4. The lowest BCUT2D eigenvalue weighted by Gasteiger charge is -2.30. The second-order valence-corrected chi connectivity index (χ2v) is 9.25. The first kappa shape index (κ1) is 21.5. The van der Waals surface area contributed by atoms with Gasteiger partial charge in [0.1, 0.15) is 0 Å². The predicted octanol–water partition coefficient (Wildman–Crippen LogP) is 3.96. The highest BCUT2D eigenvalue weighted by Gasteiger charge is 2.23. The summed E-state index contributed by atoms with van der Waals surface area (Å²) in [6, 6.07) is 16.1.